The van der Waals surface area contributed by atoms with Gasteiger partial charge in [0.25, 0.3) is 0 Å². The lowest BCUT2D eigenvalue weighted by molar-refractivity contribution is 0.211. The predicted molar refractivity (Wildman–Crippen MR) is 82.4 cm³/mol. The average Bonchev–Trinajstić information content (AvgIpc) is 2.52. The van der Waals surface area contributed by atoms with E-state index in [0.717, 1.165) is 17.0 Å². The molecule has 0 aliphatic carbocycles. The lowest BCUT2D eigenvalue weighted by Gasteiger charge is -2.14. The Labute approximate surface area is 124 Å². The largest absolute Gasteiger partial charge is 0.487 e. The first-order chi connectivity index (χ1) is 9.79. The molecule has 0 aliphatic rings. The Hall–Kier alpha value is -1.71. The smallest absolute Gasteiger partial charge is 0.142 e. The highest BCUT2D eigenvalue weighted by atomic mass is 35.5. The number of anilines is 1. The molecule has 1 unspecified atom stereocenters. The van der Waals surface area contributed by atoms with E-state index in [1.165, 1.54) is 0 Å². The first kappa shape index (κ1) is 14.7. The second kappa shape index (κ2) is 7.78. The minimum atomic E-state index is -0.571. The Kier molecular flexibility index (Phi) is 5.71. The van der Waals surface area contributed by atoms with Gasteiger partial charge in [0.2, 0.25) is 0 Å². The van der Waals surface area contributed by atoms with Crippen LogP contribution in [0.2, 0.25) is 0 Å². The molecule has 0 heterocycles. The summed E-state index contributed by atoms with van der Waals surface area (Å²) >= 11 is 5.58. The van der Waals surface area contributed by atoms with E-state index in [1.807, 2.05) is 54.6 Å². The third-order valence-corrected chi connectivity index (χ3v) is 3.19. The molecule has 4 heteroatoms. The first-order valence-electron chi connectivity index (χ1n) is 6.53. The van der Waals surface area contributed by atoms with Crippen molar-refractivity contribution >= 4 is 17.3 Å². The second-order valence-corrected chi connectivity index (χ2v) is 4.77. The number of ether oxygens (including phenoxy) is 1. The standard InChI is InChI=1S/C16H18ClNO2/c17-10-14(19)11-18-15-8-4-5-9-16(15)20-12-13-6-2-1-3-7-13/h1-9,14,18-19H,10-12H2. The highest BCUT2D eigenvalue weighted by molar-refractivity contribution is 6.18. The van der Waals surface area contributed by atoms with Crippen molar-refractivity contribution in [1.82, 2.24) is 0 Å². The van der Waals surface area contributed by atoms with Crippen LogP contribution in [-0.2, 0) is 6.61 Å². The fraction of sp³-hybridized carbons (Fsp3) is 0.250. The Morgan fingerprint density at radius 1 is 1.05 bits per heavy atom. The van der Waals surface area contributed by atoms with E-state index < -0.39 is 6.10 Å². The highest BCUT2D eigenvalue weighted by Crippen LogP contribution is 2.24. The number of alkyl halides is 1. The van der Waals surface area contributed by atoms with Crippen molar-refractivity contribution in [2.24, 2.45) is 0 Å². The summed E-state index contributed by atoms with van der Waals surface area (Å²) in [5.74, 6) is 0.971. The zero-order valence-corrected chi connectivity index (χ0v) is 11.9. The van der Waals surface area contributed by atoms with Crippen molar-refractivity contribution in [3.63, 3.8) is 0 Å². The molecule has 0 amide bonds. The molecule has 2 N–H and O–H groups in total. The summed E-state index contributed by atoms with van der Waals surface area (Å²) < 4.78 is 5.81. The van der Waals surface area contributed by atoms with Gasteiger partial charge in [-0.15, -0.1) is 11.6 Å². The number of aliphatic hydroxyl groups is 1. The van der Waals surface area contributed by atoms with Crippen molar-refractivity contribution < 1.29 is 9.84 Å². The normalized spacial score (nSPS) is 11.9. The number of aliphatic hydroxyl groups excluding tert-OH is 1. The summed E-state index contributed by atoms with van der Waals surface area (Å²) in [7, 11) is 0. The van der Waals surface area contributed by atoms with E-state index in [-0.39, 0.29) is 5.88 Å². The molecule has 0 radical (unpaired) electrons. The molecule has 0 aliphatic heterocycles. The molecule has 2 aromatic rings. The fourth-order valence-electron chi connectivity index (χ4n) is 1.76. The highest BCUT2D eigenvalue weighted by Gasteiger charge is 2.06. The molecule has 0 saturated heterocycles. The van der Waals surface area contributed by atoms with Crippen molar-refractivity contribution in [3.05, 3.63) is 60.2 Å². The van der Waals surface area contributed by atoms with E-state index in [4.69, 9.17) is 16.3 Å². The third kappa shape index (κ3) is 4.44. The van der Waals surface area contributed by atoms with Crippen LogP contribution in [0.1, 0.15) is 5.56 Å². The van der Waals surface area contributed by atoms with Gasteiger partial charge in [0.1, 0.15) is 12.4 Å². The topological polar surface area (TPSA) is 41.5 Å². The van der Waals surface area contributed by atoms with Gasteiger partial charge >= 0.3 is 0 Å². The minimum absolute atomic E-state index is 0.208. The summed E-state index contributed by atoms with van der Waals surface area (Å²) in [6.45, 7) is 0.910. The van der Waals surface area contributed by atoms with Gasteiger partial charge in [-0.05, 0) is 17.7 Å². The zero-order chi connectivity index (χ0) is 14.2. The quantitative estimate of drug-likeness (QED) is 0.769. The molecule has 0 aromatic heterocycles. The van der Waals surface area contributed by atoms with Crippen LogP contribution >= 0.6 is 11.6 Å². The fourth-order valence-corrected chi connectivity index (χ4v) is 1.87. The van der Waals surface area contributed by atoms with Gasteiger partial charge in [0, 0.05) is 6.54 Å². The molecule has 0 spiro atoms. The molecule has 2 rings (SSSR count). The molecule has 106 valence electrons. The van der Waals surface area contributed by atoms with Crippen molar-refractivity contribution in [1.29, 1.82) is 0 Å². The molecule has 0 saturated carbocycles. The number of benzene rings is 2. The van der Waals surface area contributed by atoms with Crippen molar-refractivity contribution in [2.45, 2.75) is 12.7 Å². The van der Waals surface area contributed by atoms with Crippen LogP contribution in [-0.4, -0.2) is 23.6 Å². The van der Waals surface area contributed by atoms with Gasteiger partial charge in [-0.2, -0.15) is 0 Å². The predicted octanol–water partition coefficient (Wildman–Crippen LogP) is 3.28. The van der Waals surface area contributed by atoms with Gasteiger partial charge in [-0.3, -0.25) is 0 Å². The number of nitrogens with one attached hydrogen (secondary N) is 1. The maximum Gasteiger partial charge on any atom is 0.142 e. The molecule has 1 atom stereocenters. The zero-order valence-electron chi connectivity index (χ0n) is 11.1. The van der Waals surface area contributed by atoms with E-state index >= 15 is 0 Å². The van der Waals surface area contributed by atoms with Gasteiger partial charge in [-0.1, -0.05) is 42.5 Å². The molecule has 3 nitrogen and oxygen atoms in total. The molecule has 0 fully saturated rings. The Morgan fingerprint density at radius 2 is 1.75 bits per heavy atom. The summed E-state index contributed by atoms with van der Waals surface area (Å²) in [4.78, 5) is 0. The number of rotatable bonds is 7. The van der Waals surface area contributed by atoms with Gasteiger partial charge in [0.15, 0.2) is 0 Å². The molecule has 2 aromatic carbocycles. The Bertz CT molecular complexity index is 519. The lowest BCUT2D eigenvalue weighted by Crippen LogP contribution is -2.21. The van der Waals surface area contributed by atoms with Crippen molar-refractivity contribution in [2.75, 3.05) is 17.7 Å². The minimum Gasteiger partial charge on any atom is -0.487 e. The maximum absolute atomic E-state index is 9.48. The molecule has 20 heavy (non-hydrogen) atoms. The van der Waals surface area contributed by atoms with Crippen LogP contribution in [0.15, 0.2) is 54.6 Å². The van der Waals surface area contributed by atoms with Crippen LogP contribution in [0.3, 0.4) is 0 Å². The molecule has 0 bridgehead atoms. The first-order valence-corrected chi connectivity index (χ1v) is 7.06. The Morgan fingerprint density at radius 3 is 2.50 bits per heavy atom. The van der Waals surface area contributed by atoms with E-state index in [9.17, 15) is 5.11 Å². The average molecular weight is 292 g/mol. The van der Waals surface area contributed by atoms with Crippen LogP contribution in [0.4, 0.5) is 5.69 Å². The third-order valence-electron chi connectivity index (χ3n) is 2.83. The molecular formula is C16H18ClNO2. The monoisotopic (exact) mass is 291 g/mol. The van der Waals surface area contributed by atoms with Crippen LogP contribution in [0, 0.1) is 0 Å². The van der Waals surface area contributed by atoms with Gasteiger partial charge in [0.05, 0.1) is 17.7 Å². The van der Waals surface area contributed by atoms with E-state index in [1.54, 1.807) is 0 Å². The van der Waals surface area contributed by atoms with Gasteiger partial charge in [-0.25, -0.2) is 0 Å². The maximum atomic E-state index is 9.48. The number of hydrogen-bond acceptors (Lipinski definition) is 3. The summed E-state index contributed by atoms with van der Waals surface area (Å²) in [6, 6.07) is 17.7. The number of hydrogen-bond donors (Lipinski definition) is 2. The van der Waals surface area contributed by atoms with Crippen LogP contribution in [0.5, 0.6) is 5.75 Å². The van der Waals surface area contributed by atoms with Crippen molar-refractivity contribution in [3.8, 4) is 5.75 Å². The molecular weight excluding hydrogens is 274 g/mol. The van der Waals surface area contributed by atoms with Crippen LogP contribution < -0.4 is 10.1 Å². The summed E-state index contributed by atoms with van der Waals surface area (Å²) in [5, 5.41) is 12.6. The van der Waals surface area contributed by atoms with E-state index in [2.05, 4.69) is 5.32 Å². The SMILES string of the molecule is OC(CCl)CNc1ccccc1OCc1ccccc1. The van der Waals surface area contributed by atoms with Gasteiger partial charge < -0.3 is 15.2 Å². The Balaban J connectivity index is 1.97. The summed E-state index contributed by atoms with van der Waals surface area (Å²) in [5.41, 5.74) is 1.97. The summed E-state index contributed by atoms with van der Waals surface area (Å²) in [6.07, 6.45) is -0.571. The van der Waals surface area contributed by atoms with Crippen LogP contribution in [0.25, 0.3) is 0 Å². The second-order valence-electron chi connectivity index (χ2n) is 4.46. The number of para-hydroxylation sites is 2. The number of halogens is 1. The van der Waals surface area contributed by atoms with E-state index in [0.29, 0.717) is 13.2 Å². The lowest BCUT2D eigenvalue weighted by atomic mass is 10.2.